The highest BCUT2D eigenvalue weighted by Crippen LogP contribution is 2.21. The molecule has 1 N–H and O–H groups in total. The van der Waals surface area contributed by atoms with Crippen LogP contribution < -0.4 is 0 Å². The zero-order chi connectivity index (χ0) is 9.97. The molecule has 1 aromatic carbocycles. The maximum atomic E-state index is 5.73. The summed E-state index contributed by atoms with van der Waals surface area (Å²) in [6, 6.07) is 10.2. The highest BCUT2D eigenvalue weighted by molar-refractivity contribution is 9.10. The van der Waals surface area contributed by atoms with E-state index in [-0.39, 0.29) is 0 Å². The van der Waals surface area contributed by atoms with Crippen LogP contribution in [0, 0.1) is 0 Å². The first-order chi connectivity index (χ1) is 6.79. The van der Waals surface area contributed by atoms with Crippen molar-refractivity contribution in [3.63, 3.8) is 0 Å². The minimum atomic E-state index is 0.549. The molecule has 0 saturated heterocycles. The lowest BCUT2D eigenvalue weighted by atomic mass is 10.1. The van der Waals surface area contributed by atoms with Gasteiger partial charge in [0.25, 0.3) is 0 Å². The van der Waals surface area contributed by atoms with Crippen molar-refractivity contribution in [2.24, 2.45) is 0 Å². The molecular formula is C11H9BrClN. The van der Waals surface area contributed by atoms with Gasteiger partial charge in [0, 0.05) is 22.2 Å². The van der Waals surface area contributed by atoms with Crippen molar-refractivity contribution in [1.82, 2.24) is 4.98 Å². The summed E-state index contributed by atoms with van der Waals surface area (Å²) >= 11 is 9.13. The Morgan fingerprint density at radius 1 is 1.21 bits per heavy atom. The van der Waals surface area contributed by atoms with E-state index in [1.54, 1.807) is 0 Å². The molecule has 0 saturated carbocycles. The van der Waals surface area contributed by atoms with Gasteiger partial charge in [0.1, 0.15) is 0 Å². The third-order valence-corrected chi connectivity index (χ3v) is 2.89. The van der Waals surface area contributed by atoms with Gasteiger partial charge in [-0.25, -0.2) is 0 Å². The summed E-state index contributed by atoms with van der Waals surface area (Å²) in [5.41, 5.74) is 3.39. The lowest BCUT2D eigenvalue weighted by Crippen LogP contribution is -1.75. The van der Waals surface area contributed by atoms with Crippen LogP contribution in [0.3, 0.4) is 0 Å². The van der Waals surface area contributed by atoms with Gasteiger partial charge < -0.3 is 4.98 Å². The Morgan fingerprint density at radius 3 is 2.50 bits per heavy atom. The Kier molecular flexibility index (Phi) is 2.94. The second kappa shape index (κ2) is 4.20. The third kappa shape index (κ3) is 2.02. The Labute approximate surface area is 96.2 Å². The number of rotatable bonds is 2. The molecular weight excluding hydrogens is 261 g/mol. The molecule has 0 aliphatic heterocycles. The topological polar surface area (TPSA) is 15.8 Å². The molecule has 0 amide bonds. The van der Waals surface area contributed by atoms with Gasteiger partial charge in [-0.3, -0.25) is 0 Å². The van der Waals surface area contributed by atoms with E-state index >= 15 is 0 Å². The number of halogens is 2. The number of hydrogen-bond donors (Lipinski definition) is 1. The van der Waals surface area contributed by atoms with Crippen LogP contribution >= 0.6 is 27.5 Å². The maximum absolute atomic E-state index is 5.73. The standard InChI is InChI=1S/C11H9BrClN/c12-10-3-1-9(2-4-10)11-5-8(6-13)7-14-11/h1-5,7,14H,6H2. The van der Waals surface area contributed by atoms with Gasteiger partial charge in [-0.2, -0.15) is 0 Å². The van der Waals surface area contributed by atoms with E-state index in [0.29, 0.717) is 5.88 Å². The second-order valence-electron chi connectivity index (χ2n) is 3.06. The second-order valence-corrected chi connectivity index (χ2v) is 4.25. The van der Waals surface area contributed by atoms with Crippen molar-refractivity contribution < 1.29 is 0 Å². The number of nitrogens with one attached hydrogen (secondary N) is 1. The highest BCUT2D eigenvalue weighted by Gasteiger charge is 2.00. The molecule has 1 nitrogen and oxygen atoms in total. The first-order valence-corrected chi connectivity index (χ1v) is 5.61. The van der Waals surface area contributed by atoms with E-state index in [4.69, 9.17) is 11.6 Å². The van der Waals surface area contributed by atoms with Crippen LogP contribution in [0.1, 0.15) is 5.56 Å². The van der Waals surface area contributed by atoms with Crippen molar-refractivity contribution >= 4 is 27.5 Å². The smallest absolute Gasteiger partial charge is 0.0489 e. The fraction of sp³-hybridized carbons (Fsp3) is 0.0909. The first-order valence-electron chi connectivity index (χ1n) is 4.29. The highest BCUT2D eigenvalue weighted by atomic mass is 79.9. The molecule has 2 aromatic rings. The lowest BCUT2D eigenvalue weighted by molar-refractivity contribution is 1.36. The number of aromatic nitrogens is 1. The van der Waals surface area contributed by atoms with E-state index in [2.05, 4.69) is 39.1 Å². The molecule has 0 bridgehead atoms. The lowest BCUT2D eigenvalue weighted by Gasteiger charge is -1.97. The van der Waals surface area contributed by atoms with Gasteiger partial charge in [0.15, 0.2) is 0 Å². The van der Waals surface area contributed by atoms with Crippen LogP contribution in [-0.2, 0) is 5.88 Å². The van der Waals surface area contributed by atoms with Crippen molar-refractivity contribution in [3.05, 3.63) is 46.6 Å². The molecule has 1 aromatic heterocycles. The molecule has 3 heteroatoms. The van der Waals surface area contributed by atoms with Crippen LogP contribution in [0.5, 0.6) is 0 Å². The molecule has 72 valence electrons. The molecule has 0 atom stereocenters. The third-order valence-electron chi connectivity index (χ3n) is 2.05. The molecule has 0 aliphatic carbocycles. The molecule has 2 rings (SSSR count). The quantitative estimate of drug-likeness (QED) is 0.788. The number of aromatic amines is 1. The Morgan fingerprint density at radius 2 is 1.93 bits per heavy atom. The largest absolute Gasteiger partial charge is 0.361 e. The van der Waals surface area contributed by atoms with Gasteiger partial charge in [0.2, 0.25) is 0 Å². The van der Waals surface area contributed by atoms with E-state index in [1.807, 2.05) is 18.3 Å². The van der Waals surface area contributed by atoms with E-state index in [9.17, 15) is 0 Å². The Hall–Kier alpha value is -0.730. The summed E-state index contributed by atoms with van der Waals surface area (Å²) < 4.78 is 1.09. The van der Waals surface area contributed by atoms with Crippen molar-refractivity contribution in [2.45, 2.75) is 5.88 Å². The molecule has 0 aliphatic rings. The van der Waals surface area contributed by atoms with E-state index < -0.39 is 0 Å². The summed E-state index contributed by atoms with van der Waals surface area (Å²) in [4.78, 5) is 3.19. The monoisotopic (exact) mass is 269 g/mol. The zero-order valence-electron chi connectivity index (χ0n) is 7.43. The van der Waals surface area contributed by atoms with Crippen LogP contribution in [0.4, 0.5) is 0 Å². The molecule has 1 heterocycles. The molecule has 14 heavy (non-hydrogen) atoms. The summed E-state index contributed by atoms with van der Waals surface area (Å²) in [5.74, 6) is 0.549. The SMILES string of the molecule is ClCc1c[nH]c(-c2ccc(Br)cc2)c1. The van der Waals surface area contributed by atoms with Crippen LogP contribution in [-0.4, -0.2) is 4.98 Å². The van der Waals surface area contributed by atoms with E-state index in [1.165, 1.54) is 5.56 Å². The first kappa shape index (κ1) is 9.81. The van der Waals surface area contributed by atoms with Gasteiger partial charge >= 0.3 is 0 Å². The predicted octanol–water partition coefficient (Wildman–Crippen LogP) is 4.18. The maximum Gasteiger partial charge on any atom is 0.0489 e. The fourth-order valence-electron chi connectivity index (χ4n) is 1.31. The van der Waals surface area contributed by atoms with Crippen molar-refractivity contribution in [2.75, 3.05) is 0 Å². The summed E-state index contributed by atoms with van der Waals surface area (Å²) in [6.45, 7) is 0. The minimum absolute atomic E-state index is 0.549. The molecule has 0 spiro atoms. The number of hydrogen-bond acceptors (Lipinski definition) is 0. The molecule has 0 radical (unpaired) electrons. The van der Waals surface area contributed by atoms with Crippen LogP contribution in [0.2, 0.25) is 0 Å². The van der Waals surface area contributed by atoms with Gasteiger partial charge in [0.05, 0.1) is 0 Å². The van der Waals surface area contributed by atoms with Crippen molar-refractivity contribution in [3.8, 4) is 11.3 Å². The average molecular weight is 271 g/mol. The summed E-state index contributed by atoms with van der Waals surface area (Å²) in [6.07, 6.45) is 1.93. The van der Waals surface area contributed by atoms with Gasteiger partial charge in [-0.05, 0) is 29.3 Å². The predicted molar refractivity (Wildman–Crippen MR) is 63.5 cm³/mol. The van der Waals surface area contributed by atoms with Gasteiger partial charge in [-0.1, -0.05) is 28.1 Å². The minimum Gasteiger partial charge on any atom is -0.361 e. The Balaban J connectivity index is 2.34. The Bertz CT molecular complexity index is 419. The number of alkyl halides is 1. The van der Waals surface area contributed by atoms with E-state index in [0.717, 1.165) is 15.7 Å². The fourth-order valence-corrected chi connectivity index (χ4v) is 1.73. The zero-order valence-corrected chi connectivity index (χ0v) is 9.77. The molecule has 0 unspecified atom stereocenters. The number of benzene rings is 1. The van der Waals surface area contributed by atoms with Crippen LogP contribution in [0.15, 0.2) is 41.0 Å². The normalized spacial score (nSPS) is 10.4. The van der Waals surface area contributed by atoms with Gasteiger partial charge in [-0.15, -0.1) is 11.6 Å². The molecule has 0 fully saturated rings. The summed E-state index contributed by atoms with van der Waals surface area (Å²) in [7, 11) is 0. The summed E-state index contributed by atoms with van der Waals surface area (Å²) in [5, 5.41) is 0. The number of H-pyrrole nitrogens is 1. The van der Waals surface area contributed by atoms with Crippen molar-refractivity contribution in [1.29, 1.82) is 0 Å². The average Bonchev–Trinajstić information content (AvgIpc) is 2.67. The van der Waals surface area contributed by atoms with Crippen LogP contribution in [0.25, 0.3) is 11.3 Å².